The highest BCUT2D eigenvalue weighted by Gasteiger charge is 2.07. The number of nitrogens with two attached hydrogens (primary N) is 1. The molecule has 0 fully saturated rings. The number of carbonyl (C=O) groups excluding carboxylic acids is 1. The average Bonchev–Trinajstić information content (AvgIpc) is 3.11. The number of nitrogens with one attached hydrogen (secondary N) is 1. The third-order valence-electron chi connectivity index (χ3n) is 3.46. The summed E-state index contributed by atoms with van der Waals surface area (Å²) >= 11 is 1.17. The van der Waals surface area contributed by atoms with Crippen molar-refractivity contribution >= 4 is 28.6 Å². The normalized spacial score (nSPS) is 10.7. The fraction of sp³-hybridized carbons (Fsp3) is 0.158. The zero-order chi connectivity index (χ0) is 19.6. The number of aromatic nitrogens is 2. The minimum absolute atomic E-state index is 0.0706. The Hall–Kier alpha value is -3.46. The van der Waals surface area contributed by atoms with E-state index in [0.29, 0.717) is 29.1 Å². The SMILES string of the molecule is Nc1nnc(CC(=O)N/N=C\c2ccccc2OCCOc2ccccc2)s1. The number of hydrazone groups is 1. The Bertz CT molecular complexity index is 930. The predicted molar refractivity (Wildman–Crippen MR) is 108 cm³/mol. The standard InChI is InChI=1S/C19H19N5O3S/c20-19-24-23-18(28-19)12-17(25)22-21-13-14-6-4-5-9-16(14)27-11-10-26-15-7-2-1-3-8-15/h1-9,13H,10-12H2,(H2,20,24)(H,22,25)/b21-13-. The molecule has 144 valence electrons. The third kappa shape index (κ3) is 6.06. The highest BCUT2D eigenvalue weighted by Crippen LogP contribution is 2.16. The molecule has 8 nitrogen and oxygen atoms in total. The summed E-state index contributed by atoms with van der Waals surface area (Å²) in [6, 6.07) is 16.9. The van der Waals surface area contributed by atoms with E-state index in [1.165, 1.54) is 17.6 Å². The van der Waals surface area contributed by atoms with E-state index in [2.05, 4.69) is 20.7 Å². The number of amides is 1. The molecule has 2 aromatic carbocycles. The molecule has 0 bridgehead atoms. The average molecular weight is 397 g/mol. The summed E-state index contributed by atoms with van der Waals surface area (Å²) in [4.78, 5) is 11.9. The maximum absolute atomic E-state index is 11.9. The van der Waals surface area contributed by atoms with Crippen LogP contribution in [0.3, 0.4) is 0 Å². The van der Waals surface area contributed by atoms with E-state index in [0.717, 1.165) is 11.3 Å². The van der Waals surface area contributed by atoms with Gasteiger partial charge in [-0.25, -0.2) is 5.43 Å². The summed E-state index contributed by atoms with van der Waals surface area (Å²) in [5, 5.41) is 12.3. The van der Waals surface area contributed by atoms with Gasteiger partial charge in [0.15, 0.2) is 0 Å². The van der Waals surface area contributed by atoms with Crippen LogP contribution in [0.15, 0.2) is 59.7 Å². The lowest BCUT2D eigenvalue weighted by atomic mass is 10.2. The van der Waals surface area contributed by atoms with Crippen LogP contribution < -0.4 is 20.6 Å². The van der Waals surface area contributed by atoms with Crippen molar-refractivity contribution in [3.63, 3.8) is 0 Å². The summed E-state index contributed by atoms with van der Waals surface area (Å²) in [6.07, 6.45) is 1.60. The smallest absolute Gasteiger partial charge is 0.247 e. The molecule has 0 aliphatic rings. The molecular formula is C19H19N5O3S. The summed E-state index contributed by atoms with van der Waals surface area (Å²) in [5.41, 5.74) is 8.68. The van der Waals surface area contributed by atoms with Crippen LogP contribution in [0, 0.1) is 0 Å². The van der Waals surface area contributed by atoms with Crippen molar-refractivity contribution < 1.29 is 14.3 Å². The minimum atomic E-state index is -0.304. The zero-order valence-corrected chi connectivity index (χ0v) is 15.8. The van der Waals surface area contributed by atoms with Gasteiger partial charge in [0, 0.05) is 5.56 Å². The number of carbonyl (C=O) groups is 1. The van der Waals surface area contributed by atoms with Crippen LogP contribution in [-0.4, -0.2) is 35.5 Å². The second-order valence-electron chi connectivity index (χ2n) is 5.55. The lowest BCUT2D eigenvalue weighted by Crippen LogP contribution is -2.19. The highest BCUT2D eigenvalue weighted by atomic mass is 32.1. The minimum Gasteiger partial charge on any atom is -0.490 e. The van der Waals surface area contributed by atoms with E-state index >= 15 is 0 Å². The van der Waals surface area contributed by atoms with Gasteiger partial charge >= 0.3 is 0 Å². The Kier molecular flexibility index (Phi) is 6.91. The Labute approximate surface area is 166 Å². The lowest BCUT2D eigenvalue weighted by Gasteiger charge is -2.10. The van der Waals surface area contributed by atoms with E-state index in [1.54, 1.807) is 0 Å². The summed E-state index contributed by atoms with van der Waals surface area (Å²) in [6.45, 7) is 0.793. The Balaban J connectivity index is 1.47. The van der Waals surface area contributed by atoms with E-state index in [-0.39, 0.29) is 12.3 Å². The zero-order valence-electron chi connectivity index (χ0n) is 14.9. The number of hydrogen-bond donors (Lipinski definition) is 2. The van der Waals surface area contributed by atoms with E-state index in [1.807, 2.05) is 54.6 Å². The molecule has 3 aromatic rings. The topological polar surface area (TPSA) is 112 Å². The molecule has 1 heterocycles. The van der Waals surface area contributed by atoms with Crippen molar-refractivity contribution in [2.45, 2.75) is 6.42 Å². The van der Waals surface area contributed by atoms with E-state index in [4.69, 9.17) is 15.2 Å². The molecule has 3 rings (SSSR count). The Morgan fingerprint density at radius 2 is 1.82 bits per heavy atom. The molecule has 0 saturated carbocycles. The monoisotopic (exact) mass is 397 g/mol. The van der Waals surface area contributed by atoms with Gasteiger partial charge in [-0.15, -0.1) is 10.2 Å². The first-order chi connectivity index (χ1) is 13.7. The van der Waals surface area contributed by atoms with Crippen molar-refractivity contribution in [1.82, 2.24) is 15.6 Å². The molecule has 0 saturated heterocycles. The van der Waals surface area contributed by atoms with E-state index in [9.17, 15) is 4.79 Å². The first-order valence-corrected chi connectivity index (χ1v) is 9.32. The molecule has 0 unspecified atom stereocenters. The van der Waals surface area contributed by atoms with Gasteiger partial charge in [-0.05, 0) is 24.3 Å². The summed E-state index contributed by atoms with van der Waals surface area (Å²) in [5.74, 6) is 1.14. The second-order valence-corrected chi connectivity index (χ2v) is 6.65. The second kappa shape index (κ2) is 10.0. The molecule has 3 N–H and O–H groups in total. The lowest BCUT2D eigenvalue weighted by molar-refractivity contribution is -0.120. The van der Waals surface area contributed by atoms with Gasteiger partial charge in [0.2, 0.25) is 11.0 Å². The molecule has 0 atom stereocenters. The maximum Gasteiger partial charge on any atom is 0.247 e. The quantitative estimate of drug-likeness (QED) is 0.325. The van der Waals surface area contributed by atoms with Crippen LogP contribution in [0.2, 0.25) is 0 Å². The van der Waals surface area contributed by atoms with E-state index < -0.39 is 0 Å². The summed E-state index contributed by atoms with van der Waals surface area (Å²) < 4.78 is 11.4. The third-order valence-corrected chi connectivity index (χ3v) is 4.21. The number of anilines is 1. The number of para-hydroxylation sites is 2. The van der Waals surface area contributed by atoms with Crippen LogP contribution in [0.4, 0.5) is 5.13 Å². The number of nitrogen functional groups attached to an aromatic ring is 1. The molecule has 1 aromatic heterocycles. The molecule has 0 spiro atoms. The van der Waals surface area contributed by atoms with Gasteiger partial charge < -0.3 is 15.2 Å². The fourth-order valence-electron chi connectivity index (χ4n) is 2.24. The molecule has 9 heteroatoms. The van der Waals surface area contributed by atoms with Crippen molar-refractivity contribution in [2.24, 2.45) is 5.10 Å². The fourth-order valence-corrected chi connectivity index (χ4v) is 2.84. The Morgan fingerprint density at radius 3 is 2.61 bits per heavy atom. The maximum atomic E-state index is 11.9. The number of ether oxygens (including phenoxy) is 2. The van der Waals surface area contributed by atoms with Crippen molar-refractivity contribution in [3.8, 4) is 11.5 Å². The van der Waals surface area contributed by atoms with Gasteiger partial charge in [-0.1, -0.05) is 41.7 Å². The highest BCUT2D eigenvalue weighted by molar-refractivity contribution is 7.15. The van der Waals surface area contributed by atoms with Gasteiger partial charge in [0.05, 0.1) is 12.6 Å². The van der Waals surface area contributed by atoms with Gasteiger partial charge in [-0.2, -0.15) is 5.10 Å². The molecule has 0 aliphatic carbocycles. The summed E-state index contributed by atoms with van der Waals surface area (Å²) in [7, 11) is 0. The van der Waals surface area contributed by atoms with Gasteiger partial charge in [-0.3, -0.25) is 4.79 Å². The molecule has 0 aliphatic heterocycles. The van der Waals surface area contributed by atoms with Crippen molar-refractivity contribution in [1.29, 1.82) is 0 Å². The number of rotatable bonds is 9. The number of hydrogen-bond acceptors (Lipinski definition) is 8. The van der Waals surface area contributed by atoms with Crippen LogP contribution in [0.25, 0.3) is 0 Å². The number of benzene rings is 2. The largest absolute Gasteiger partial charge is 0.490 e. The Morgan fingerprint density at radius 1 is 1.07 bits per heavy atom. The predicted octanol–water partition coefficient (Wildman–Crippen LogP) is 2.27. The van der Waals surface area contributed by atoms with Crippen LogP contribution in [0.5, 0.6) is 11.5 Å². The van der Waals surface area contributed by atoms with Crippen LogP contribution in [-0.2, 0) is 11.2 Å². The van der Waals surface area contributed by atoms with Gasteiger partial charge in [0.1, 0.15) is 29.7 Å². The molecule has 0 radical (unpaired) electrons. The molecule has 1 amide bonds. The van der Waals surface area contributed by atoms with Crippen molar-refractivity contribution in [3.05, 3.63) is 65.2 Å². The molecular weight excluding hydrogens is 378 g/mol. The number of nitrogens with zero attached hydrogens (tertiary/aromatic N) is 3. The van der Waals surface area contributed by atoms with Crippen LogP contribution in [0.1, 0.15) is 10.6 Å². The first kappa shape index (κ1) is 19.3. The van der Waals surface area contributed by atoms with Crippen molar-refractivity contribution in [2.75, 3.05) is 18.9 Å². The molecule has 28 heavy (non-hydrogen) atoms. The van der Waals surface area contributed by atoms with Gasteiger partial charge in [0.25, 0.3) is 0 Å². The first-order valence-electron chi connectivity index (χ1n) is 8.50. The van der Waals surface area contributed by atoms with Crippen LogP contribution >= 0.6 is 11.3 Å².